The minimum atomic E-state index is -1.08. The first kappa shape index (κ1) is 29.6. The number of rotatable bonds is 8. The summed E-state index contributed by atoms with van der Waals surface area (Å²) in [6.45, 7) is 3.72. The first-order chi connectivity index (χ1) is 18.4. The van der Waals surface area contributed by atoms with E-state index in [-0.39, 0.29) is 18.9 Å². The Morgan fingerprint density at radius 1 is 1.13 bits per heavy atom. The van der Waals surface area contributed by atoms with Gasteiger partial charge in [0.05, 0.1) is 13.7 Å². The molecule has 10 nitrogen and oxygen atoms in total. The quantitative estimate of drug-likeness (QED) is 0.267. The molecule has 3 rings (SSSR count). The van der Waals surface area contributed by atoms with Crippen LogP contribution >= 0.6 is 0 Å². The van der Waals surface area contributed by atoms with Gasteiger partial charge in [-0.1, -0.05) is 30.7 Å². The molecular weight excluding hydrogens is 490 g/mol. The van der Waals surface area contributed by atoms with Gasteiger partial charge in [0.15, 0.2) is 6.04 Å². The van der Waals surface area contributed by atoms with E-state index >= 15 is 0 Å². The third-order valence-electron chi connectivity index (χ3n) is 7.07. The Morgan fingerprint density at radius 3 is 2.61 bits per heavy atom. The highest BCUT2D eigenvalue weighted by molar-refractivity contribution is 5.87. The lowest BCUT2D eigenvalue weighted by Gasteiger charge is -2.27. The van der Waals surface area contributed by atoms with Crippen LogP contribution in [0.1, 0.15) is 57.4 Å². The van der Waals surface area contributed by atoms with E-state index in [1.165, 1.54) is 0 Å². The number of fused-ring (bicyclic) bond motifs is 1. The molecule has 1 aromatic rings. The molecule has 1 aromatic carbocycles. The van der Waals surface area contributed by atoms with Gasteiger partial charge in [0.25, 0.3) is 5.91 Å². The second kappa shape index (κ2) is 15.5. The number of carbonyl (C=O) groups is 3. The molecule has 2 heterocycles. The largest absolute Gasteiger partial charge is 0.497 e. The fourth-order valence-corrected chi connectivity index (χ4v) is 4.91. The average molecular weight is 533 g/mol. The number of quaternary nitrogens is 1. The number of amides is 3. The van der Waals surface area contributed by atoms with Crippen molar-refractivity contribution in [1.82, 2.24) is 10.2 Å². The van der Waals surface area contributed by atoms with Gasteiger partial charge in [-0.05, 0) is 56.7 Å². The van der Waals surface area contributed by atoms with E-state index in [1.807, 2.05) is 37.3 Å². The Balaban J connectivity index is 1.85. The normalized spacial score (nSPS) is 25.6. The number of allylic oxidation sites excluding steroid dienone is 2. The highest BCUT2D eigenvalue weighted by Crippen LogP contribution is 2.15. The number of urea groups is 1. The molecule has 0 bridgehead atoms. The molecule has 4 atom stereocenters. The lowest BCUT2D eigenvalue weighted by atomic mass is 10.1. The zero-order chi connectivity index (χ0) is 27.3. The molecule has 2 aliphatic heterocycles. The molecule has 0 spiro atoms. The Bertz CT molecular complexity index is 937. The van der Waals surface area contributed by atoms with E-state index in [0.717, 1.165) is 37.0 Å². The Labute approximate surface area is 224 Å². The molecule has 10 heteroatoms. The molecule has 0 saturated carbocycles. The van der Waals surface area contributed by atoms with Crippen LogP contribution in [-0.4, -0.2) is 79.7 Å². The topological polar surface area (TPSA) is 119 Å². The molecular formula is C28H42N3O7+. The molecule has 3 amide bonds. The number of carboxylic acid groups (broad SMARTS) is 1. The molecule has 0 radical (unpaired) electrons. The zero-order valence-corrected chi connectivity index (χ0v) is 22.5. The fourth-order valence-electron chi connectivity index (χ4n) is 4.91. The summed E-state index contributed by atoms with van der Waals surface area (Å²) in [5.74, 6) is -0.780. The SMILES string of the molecule is CCOCOC1CC2C(=O)NC(C(=O)O)CCC=CCCCCCN(Cc3ccc(OC)cc3)C(=O)[NH+]2C1. The molecule has 0 aliphatic carbocycles. The van der Waals surface area contributed by atoms with Crippen molar-refractivity contribution in [3.63, 3.8) is 0 Å². The fraction of sp³-hybridized carbons (Fsp3) is 0.607. The smallest absolute Gasteiger partial charge is 0.418 e. The first-order valence-electron chi connectivity index (χ1n) is 13.6. The predicted molar refractivity (Wildman–Crippen MR) is 141 cm³/mol. The van der Waals surface area contributed by atoms with Gasteiger partial charge in [0.1, 0.15) is 31.2 Å². The van der Waals surface area contributed by atoms with Crippen LogP contribution in [-0.2, 0) is 25.6 Å². The molecule has 38 heavy (non-hydrogen) atoms. The van der Waals surface area contributed by atoms with Crippen LogP contribution in [0.3, 0.4) is 0 Å². The molecule has 1 fully saturated rings. The summed E-state index contributed by atoms with van der Waals surface area (Å²) in [7, 11) is 1.61. The van der Waals surface area contributed by atoms with Crippen LogP contribution < -0.4 is 15.0 Å². The summed E-state index contributed by atoms with van der Waals surface area (Å²) in [5, 5.41) is 12.4. The van der Waals surface area contributed by atoms with Crippen LogP contribution in [0, 0.1) is 0 Å². The highest BCUT2D eigenvalue weighted by atomic mass is 16.7. The summed E-state index contributed by atoms with van der Waals surface area (Å²) in [6, 6.07) is 5.65. The number of hydrogen-bond acceptors (Lipinski definition) is 6. The maximum absolute atomic E-state index is 14.0. The van der Waals surface area contributed by atoms with Crippen molar-refractivity contribution >= 4 is 17.9 Å². The predicted octanol–water partition coefficient (Wildman–Crippen LogP) is 2.13. The van der Waals surface area contributed by atoms with Gasteiger partial charge in [0, 0.05) is 19.6 Å². The lowest BCUT2D eigenvalue weighted by molar-refractivity contribution is -0.824. The van der Waals surface area contributed by atoms with E-state index in [9.17, 15) is 19.5 Å². The van der Waals surface area contributed by atoms with Crippen molar-refractivity contribution in [2.24, 2.45) is 0 Å². The third kappa shape index (κ3) is 8.82. The van der Waals surface area contributed by atoms with Crippen LogP contribution in [0.25, 0.3) is 0 Å². The second-order valence-electron chi connectivity index (χ2n) is 9.79. The summed E-state index contributed by atoms with van der Waals surface area (Å²) >= 11 is 0. The highest BCUT2D eigenvalue weighted by Gasteiger charge is 2.47. The third-order valence-corrected chi connectivity index (χ3v) is 7.07. The van der Waals surface area contributed by atoms with E-state index in [2.05, 4.69) is 11.4 Å². The Kier molecular flexibility index (Phi) is 12.0. The molecule has 2 aliphatic rings. The van der Waals surface area contributed by atoms with Crippen molar-refractivity contribution in [2.45, 2.75) is 76.6 Å². The van der Waals surface area contributed by atoms with E-state index in [0.29, 0.717) is 50.4 Å². The number of ether oxygens (including phenoxy) is 3. The maximum atomic E-state index is 14.0. The summed E-state index contributed by atoms with van der Waals surface area (Å²) in [4.78, 5) is 41.5. The van der Waals surface area contributed by atoms with Crippen LogP contribution in [0.4, 0.5) is 4.79 Å². The minimum Gasteiger partial charge on any atom is -0.497 e. The van der Waals surface area contributed by atoms with Crippen molar-refractivity contribution in [3.05, 3.63) is 42.0 Å². The van der Waals surface area contributed by atoms with E-state index < -0.39 is 24.0 Å². The number of benzene rings is 1. The molecule has 4 unspecified atom stereocenters. The lowest BCUT2D eigenvalue weighted by Crippen LogP contribution is -3.19. The van der Waals surface area contributed by atoms with Gasteiger partial charge in [-0.3, -0.25) is 9.69 Å². The van der Waals surface area contributed by atoms with Crippen molar-refractivity contribution in [2.75, 3.05) is 33.6 Å². The van der Waals surface area contributed by atoms with Crippen LogP contribution in [0.5, 0.6) is 5.75 Å². The minimum absolute atomic E-state index is 0.0800. The number of hydrogen-bond donors (Lipinski definition) is 3. The second-order valence-corrected chi connectivity index (χ2v) is 9.79. The summed E-state index contributed by atoms with van der Waals surface area (Å²) < 4.78 is 16.4. The van der Waals surface area contributed by atoms with Gasteiger partial charge < -0.3 is 24.6 Å². The number of carboxylic acids is 1. The molecule has 3 N–H and O–H groups in total. The number of nitrogens with zero attached hydrogens (tertiary/aromatic N) is 1. The van der Waals surface area contributed by atoms with Crippen molar-refractivity contribution in [1.29, 1.82) is 0 Å². The number of methoxy groups -OCH3 is 1. The van der Waals surface area contributed by atoms with Gasteiger partial charge in [0.2, 0.25) is 0 Å². The monoisotopic (exact) mass is 532 g/mol. The summed E-state index contributed by atoms with van der Waals surface area (Å²) in [6.07, 6.45) is 8.57. The molecule has 0 aromatic heterocycles. The summed E-state index contributed by atoms with van der Waals surface area (Å²) in [5.41, 5.74) is 0.964. The molecule has 210 valence electrons. The standard InChI is InChI=1S/C28H41N3O7/c1-3-37-20-38-23-17-25-26(32)29-24(27(33)34)11-9-7-5-4-6-8-10-16-30(28(35)31(25)19-23)18-21-12-14-22(36-2)15-13-21/h5,7,12-15,23-25H,3-4,6,8-11,16-20H2,1-2H3,(H,29,32)(H,33,34)/p+1. The first-order valence-corrected chi connectivity index (χ1v) is 13.6. The van der Waals surface area contributed by atoms with Crippen LogP contribution in [0.15, 0.2) is 36.4 Å². The van der Waals surface area contributed by atoms with Gasteiger partial charge in [-0.15, -0.1) is 0 Å². The maximum Gasteiger partial charge on any atom is 0.418 e. The van der Waals surface area contributed by atoms with Gasteiger partial charge >= 0.3 is 12.0 Å². The van der Waals surface area contributed by atoms with Gasteiger partial charge in [-0.2, -0.15) is 0 Å². The van der Waals surface area contributed by atoms with Crippen LogP contribution in [0.2, 0.25) is 0 Å². The number of carbonyl (C=O) groups excluding carboxylic acids is 2. The number of aliphatic carboxylic acids is 1. The van der Waals surface area contributed by atoms with Gasteiger partial charge in [-0.25, -0.2) is 14.5 Å². The van der Waals surface area contributed by atoms with E-state index in [1.54, 1.807) is 12.0 Å². The molecule has 1 saturated heterocycles. The Morgan fingerprint density at radius 2 is 1.89 bits per heavy atom. The van der Waals surface area contributed by atoms with E-state index in [4.69, 9.17) is 14.2 Å². The Hall–Kier alpha value is -2.95. The van der Waals surface area contributed by atoms with Crippen molar-refractivity contribution < 1.29 is 38.6 Å². The zero-order valence-electron chi connectivity index (χ0n) is 22.5. The van der Waals surface area contributed by atoms with Crippen molar-refractivity contribution in [3.8, 4) is 5.75 Å². The number of nitrogens with one attached hydrogen (secondary N) is 2. The average Bonchev–Trinajstić information content (AvgIpc) is 3.34.